The number of carbonyl (C=O) groups excluding carboxylic acids is 1. The first-order chi connectivity index (χ1) is 10.0. The molecule has 2 atom stereocenters. The average molecular weight is 308 g/mol. The van der Waals surface area contributed by atoms with Crippen molar-refractivity contribution in [1.29, 1.82) is 0 Å². The van der Waals surface area contributed by atoms with E-state index in [2.05, 4.69) is 10.4 Å². The first-order valence-electron chi connectivity index (χ1n) is 6.74. The van der Waals surface area contributed by atoms with Gasteiger partial charge in [0.1, 0.15) is 0 Å². The van der Waals surface area contributed by atoms with E-state index < -0.39 is 0 Å². The third kappa shape index (κ3) is 3.83. The maximum Gasteiger partial charge on any atom is 0.272 e. The van der Waals surface area contributed by atoms with Gasteiger partial charge in [-0.25, -0.2) is 4.68 Å². The number of benzene rings is 1. The van der Waals surface area contributed by atoms with Crippen LogP contribution in [-0.2, 0) is 0 Å². The lowest BCUT2D eigenvalue weighted by Gasteiger charge is -2.18. The summed E-state index contributed by atoms with van der Waals surface area (Å²) in [5.41, 5.74) is 1.12. The Bertz CT molecular complexity index is 627. The van der Waals surface area contributed by atoms with Crippen LogP contribution >= 0.6 is 11.6 Å². The van der Waals surface area contributed by atoms with Gasteiger partial charge in [0.25, 0.3) is 5.91 Å². The van der Waals surface area contributed by atoms with Gasteiger partial charge in [0.2, 0.25) is 0 Å². The maximum absolute atomic E-state index is 12.1. The Balaban J connectivity index is 2.11. The van der Waals surface area contributed by atoms with E-state index in [0.717, 1.165) is 5.69 Å². The topological polar surface area (TPSA) is 67.2 Å². The molecular formula is C15H18ClN3O2. The summed E-state index contributed by atoms with van der Waals surface area (Å²) < 4.78 is 1.60. The van der Waals surface area contributed by atoms with Crippen LogP contribution < -0.4 is 5.32 Å². The van der Waals surface area contributed by atoms with Gasteiger partial charge in [0, 0.05) is 23.9 Å². The molecule has 2 rings (SSSR count). The van der Waals surface area contributed by atoms with Gasteiger partial charge >= 0.3 is 0 Å². The van der Waals surface area contributed by atoms with Crippen LogP contribution in [0.3, 0.4) is 0 Å². The number of aromatic nitrogens is 2. The fourth-order valence-corrected chi connectivity index (χ4v) is 1.97. The molecule has 2 N–H and O–H groups in total. The van der Waals surface area contributed by atoms with Crippen LogP contribution in [-0.4, -0.2) is 33.4 Å². The summed E-state index contributed by atoms with van der Waals surface area (Å²) in [6, 6.07) is 8.75. The molecule has 0 radical (unpaired) electrons. The number of nitrogens with one attached hydrogen (secondary N) is 1. The fraction of sp³-hybridized carbons (Fsp3) is 0.333. The van der Waals surface area contributed by atoms with Gasteiger partial charge in [-0.1, -0.05) is 24.6 Å². The quantitative estimate of drug-likeness (QED) is 0.890. The highest BCUT2D eigenvalue weighted by Crippen LogP contribution is 2.14. The lowest BCUT2D eigenvalue weighted by atomic mass is 10.1. The van der Waals surface area contributed by atoms with Crippen molar-refractivity contribution < 1.29 is 9.90 Å². The zero-order valence-electron chi connectivity index (χ0n) is 12.0. The van der Waals surface area contributed by atoms with E-state index in [-0.39, 0.29) is 24.5 Å². The molecule has 112 valence electrons. The number of carbonyl (C=O) groups is 1. The first-order valence-corrected chi connectivity index (χ1v) is 7.12. The van der Waals surface area contributed by atoms with Crippen LogP contribution in [0.5, 0.6) is 0 Å². The van der Waals surface area contributed by atoms with Crippen LogP contribution in [0.4, 0.5) is 0 Å². The second kappa shape index (κ2) is 6.74. The zero-order valence-corrected chi connectivity index (χ0v) is 12.7. The number of nitrogens with zero attached hydrogens (tertiary/aromatic N) is 2. The van der Waals surface area contributed by atoms with Crippen LogP contribution in [0.15, 0.2) is 36.5 Å². The van der Waals surface area contributed by atoms with Gasteiger partial charge < -0.3 is 10.4 Å². The lowest BCUT2D eigenvalue weighted by Crippen LogP contribution is -2.38. The Morgan fingerprint density at radius 1 is 1.43 bits per heavy atom. The Morgan fingerprint density at radius 3 is 2.86 bits per heavy atom. The van der Waals surface area contributed by atoms with Gasteiger partial charge in [-0.2, -0.15) is 5.10 Å². The summed E-state index contributed by atoms with van der Waals surface area (Å²) in [5.74, 6) is -0.271. The summed E-state index contributed by atoms with van der Waals surface area (Å²) in [6.07, 6.45) is 1.71. The molecule has 1 heterocycles. The van der Waals surface area contributed by atoms with Crippen LogP contribution in [0.25, 0.3) is 5.69 Å². The molecule has 0 fully saturated rings. The fourth-order valence-electron chi connectivity index (χ4n) is 1.79. The largest absolute Gasteiger partial charge is 0.396 e. The second-order valence-corrected chi connectivity index (χ2v) is 5.48. The monoisotopic (exact) mass is 307 g/mol. The summed E-state index contributed by atoms with van der Waals surface area (Å²) >= 11 is 5.94. The normalized spacial score (nSPS) is 13.7. The molecule has 0 aliphatic rings. The van der Waals surface area contributed by atoms with Crippen molar-refractivity contribution in [3.63, 3.8) is 0 Å². The van der Waals surface area contributed by atoms with Crippen molar-refractivity contribution in [2.45, 2.75) is 19.9 Å². The molecule has 5 nitrogen and oxygen atoms in total. The standard InChI is InChI=1S/C15H18ClN3O2/c1-10(9-20)11(2)17-15(21)14-6-7-19(18-14)13-5-3-4-12(16)8-13/h3-8,10-11,20H,9H2,1-2H3,(H,17,21). The number of aliphatic hydroxyl groups excluding tert-OH is 1. The Labute approximate surface area is 128 Å². The third-order valence-electron chi connectivity index (χ3n) is 3.39. The van der Waals surface area contributed by atoms with Crippen LogP contribution in [0.2, 0.25) is 5.02 Å². The summed E-state index contributed by atoms with van der Waals surface area (Å²) in [4.78, 5) is 12.1. The van der Waals surface area contributed by atoms with Crippen molar-refractivity contribution in [2.75, 3.05) is 6.61 Å². The van der Waals surface area contributed by atoms with Crippen molar-refractivity contribution >= 4 is 17.5 Å². The molecule has 1 aromatic carbocycles. The average Bonchev–Trinajstić information content (AvgIpc) is 2.96. The summed E-state index contributed by atoms with van der Waals surface area (Å²) in [6.45, 7) is 3.75. The SMILES string of the molecule is CC(CO)C(C)NC(=O)c1ccn(-c2cccc(Cl)c2)n1. The lowest BCUT2D eigenvalue weighted by molar-refractivity contribution is 0.0911. The summed E-state index contributed by atoms with van der Waals surface area (Å²) in [7, 11) is 0. The van der Waals surface area contributed by atoms with E-state index >= 15 is 0 Å². The van der Waals surface area contributed by atoms with E-state index in [1.807, 2.05) is 26.0 Å². The van der Waals surface area contributed by atoms with Crippen molar-refractivity contribution in [1.82, 2.24) is 15.1 Å². The van der Waals surface area contributed by atoms with Gasteiger partial charge in [-0.05, 0) is 37.1 Å². The smallest absolute Gasteiger partial charge is 0.272 e. The number of hydrogen-bond donors (Lipinski definition) is 2. The van der Waals surface area contributed by atoms with Crippen LogP contribution in [0.1, 0.15) is 24.3 Å². The first kappa shape index (κ1) is 15.5. The minimum Gasteiger partial charge on any atom is -0.396 e. The van der Waals surface area contributed by atoms with E-state index in [1.54, 1.807) is 29.1 Å². The minimum absolute atomic E-state index is 0.0102. The molecule has 21 heavy (non-hydrogen) atoms. The number of aliphatic hydroxyl groups is 1. The zero-order chi connectivity index (χ0) is 15.4. The minimum atomic E-state index is -0.261. The number of halogens is 1. The van der Waals surface area contributed by atoms with E-state index in [9.17, 15) is 4.79 Å². The number of rotatable bonds is 5. The van der Waals surface area contributed by atoms with Crippen molar-refractivity contribution in [3.8, 4) is 5.69 Å². The van der Waals surface area contributed by atoms with Crippen LogP contribution in [0, 0.1) is 5.92 Å². The molecule has 0 saturated carbocycles. The molecule has 6 heteroatoms. The van der Waals surface area contributed by atoms with Gasteiger partial charge in [-0.15, -0.1) is 0 Å². The predicted octanol–water partition coefficient (Wildman–Crippen LogP) is 2.27. The maximum atomic E-state index is 12.1. The van der Waals surface area contributed by atoms with Crippen molar-refractivity contribution in [3.05, 3.63) is 47.2 Å². The van der Waals surface area contributed by atoms with Gasteiger partial charge in [0.05, 0.1) is 5.69 Å². The van der Waals surface area contributed by atoms with E-state index in [1.165, 1.54) is 0 Å². The third-order valence-corrected chi connectivity index (χ3v) is 3.63. The second-order valence-electron chi connectivity index (χ2n) is 5.05. The summed E-state index contributed by atoms with van der Waals surface area (Å²) in [5, 5.41) is 16.8. The molecular weight excluding hydrogens is 290 g/mol. The predicted molar refractivity (Wildman–Crippen MR) is 81.8 cm³/mol. The molecule has 2 aromatic rings. The molecule has 2 unspecified atom stereocenters. The molecule has 1 amide bonds. The van der Waals surface area contributed by atoms with Crippen molar-refractivity contribution in [2.24, 2.45) is 5.92 Å². The highest BCUT2D eigenvalue weighted by Gasteiger charge is 2.17. The molecule has 0 aliphatic heterocycles. The molecule has 0 spiro atoms. The molecule has 0 bridgehead atoms. The Kier molecular flexibility index (Phi) is 4.98. The van der Waals surface area contributed by atoms with E-state index in [0.29, 0.717) is 10.7 Å². The van der Waals surface area contributed by atoms with E-state index in [4.69, 9.17) is 16.7 Å². The van der Waals surface area contributed by atoms with Gasteiger partial charge in [-0.3, -0.25) is 4.79 Å². The number of hydrogen-bond acceptors (Lipinski definition) is 3. The molecule has 0 aliphatic carbocycles. The van der Waals surface area contributed by atoms with Gasteiger partial charge in [0.15, 0.2) is 5.69 Å². The Hall–Kier alpha value is -1.85. The highest BCUT2D eigenvalue weighted by atomic mass is 35.5. The Morgan fingerprint density at radius 2 is 2.19 bits per heavy atom. The molecule has 1 aromatic heterocycles. The highest BCUT2D eigenvalue weighted by molar-refractivity contribution is 6.30. The number of amides is 1. The molecule has 0 saturated heterocycles.